The molecule has 0 radical (unpaired) electrons. The number of piperazine rings is 2. The summed E-state index contributed by atoms with van der Waals surface area (Å²) in [4.78, 5) is 17.3. The van der Waals surface area contributed by atoms with Crippen LogP contribution in [-0.2, 0) is 0 Å². The van der Waals surface area contributed by atoms with Crippen molar-refractivity contribution in [2.45, 2.75) is 0 Å². The van der Waals surface area contributed by atoms with Crippen LogP contribution in [0.25, 0.3) is 22.2 Å². The molecule has 2 fully saturated rings. The summed E-state index contributed by atoms with van der Waals surface area (Å²) in [6.45, 7) is 10.5. The Morgan fingerprint density at radius 1 is 0.750 bits per heavy atom. The molecule has 2 aliphatic rings. The van der Waals surface area contributed by atoms with Crippen LogP contribution in [0.5, 0.6) is 0 Å². The van der Waals surface area contributed by atoms with E-state index in [-0.39, 0.29) is 67.9 Å². The molecule has 0 amide bonds. The molecule has 1 N–H and O–H groups in total. The van der Waals surface area contributed by atoms with E-state index in [4.69, 9.17) is 4.98 Å². The van der Waals surface area contributed by atoms with Crippen molar-refractivity contribution < 1.29 is 0 Å². The summed E-state index contributed by atoms with van der Waals surface area (Å²) in [6.07, 6.45) is 0. The summed E-state index contributed by atoms with van der Waals surface area (Å²) in [5.74, 6) is 0. The van der Waals surface area contributed by atoms with Gasteiger partial charge in [-0.25, -0.2) is 4.98 Å². The van der Waals surface area contributed by atoms with E-state index in [0.29, 0.717) is 0 Å². The van der Waals surface area contributed by atoms with E-state index in [9.17, 15) is 0 Å². The number of anilines is 3. The van der Waals surface area contributed by atoms with Gasteiger partial charge < -0.3 is 29.8 Å². The molecular formula is C29H45Br4N7. The maximum atomic E-state index is 5.16. The molecule has 7 nitrogen and oxygen atoms in total. The van der Waals surface area contributed by atoms with Gasteiger partial charge in [-0.3, -0.25) is 0 Å². The van der Waals surface area contributed by atoms with Gasteiger partial charge in [-0.15, -0.1) is 67.9 Å². The number of halogens is 4. The minimum absolute atomic E-state index is 0. The molecule has 0 atom stereocenters. The van der Waals surface area contributed by atoms with Crippen LogP contribution in [0.2, 0.25) is 0 Å². The van der Waals surface area contributed by atoms with Crippen molar-refractivity contribution in [2.75, 3.05) is 109 Å². The molecule has 0 spiro atoms. The maximum absolute atomic E-state index is 5.16. The normalized spacial score (nSPS) is 16.0. The first-order valence-corrected chi connectivity index (χ1v) is 13.3. The van der Waals surface area contributed by atoms with Crippen molar-refractivity contribution in [2.24, 2.45) is 0 Å². The van der Waals surface area contributed by atoms with E-state index < -0.39 is 0 Å². The van der Waals surface area contributed by atoms with E-state index in [1.807, 2.05) is 0 Å². The number of likely N-dealkylation sites (N-methyl/N-ethyl adjacent to an activating group) is 3. The molecule has 0 aliphatic carbocycles. The largest absolute Gasteiger partial charge is 0.383 e. The standard InChI is InChI=1S/C29H41N7.4BrH/c1-32(2)12-11-30-27-22-28(31-26-8-6-5-7-24(26)27)25-10-9-23(35-17-13-33(3)14-18-35)21-29(25)36-19-15-34(4)16-20-36;;;;/h5-10,21-22H,11-20H2,1-4H3,(H,30,31);4*1H. The number of para-hydroxylation sites is 1. The fraction of sp³-hybridized carbons (Fsp3) is 0.483. The second-order valence-corrected chi connectivity index (χ2v) is 10.6. The summed E-state index contributed by atoms with van der Waals surface area (Å²) >= 11 is 0. The smallest absolute Gasteiger partial charge is 0.0751 e. The van der Waals surface area contributed by atoms with Gasteiger partial charge in [0.1, 0.15) is 0 Å². The topological polar surface area (TPSA) is 41.1 Å². The molecule has 0 bridgehead atoms. The SMILES string of the molecule is Br.Br.Br.Br.CN(C)CCNc1cc(-c2ccc(N3CCN(C)CC3)cc2N2CCN(C)CC2)nc2ccccc12. The Balaban J connectivity index is 0.00000200. The zero-order valence-electron chi connectivity index (χ0n) is 24.0. The number of hydrogen-bond acceptors (Lipinski definition) is 7. The highest BCUT2D eigenvalue weighted by Gasteiger charge is 2.22. The zero-order chi connectivity index (χ0) is 25.1. The highest BCUT2D eigenvalue weighted by molar-refractivity contribution is 8.93. The van der Waals surface area contributed by atoms with E-state index in [1.165, 1.54) is 22.3 Å². The first-order chi connectivity index (χ1) is 17.5. The molecule has 2 aliphatic heterocycles. The van der Waals surface area contributed by atoms with Gasteiger partial charge >= 0.3 is 0 Å². The Morgan fingerprint density at radius 3 is 1.98 bits per heavy atom. The third-order valence-corrected chi connectivity index (χ3v) is 7.56. The lowest BCUT2D eigenvalue weighted by atomic mass is 10.0. The lowest BCUT2D eigenvalue weighted by Crippen LogP contribution is -2.45. The van der Waals surface area contributed by atoms with Crippen LogP contribution in [0.4, 0.5) is 17.1 Å². The van der Waals surface area contributed by atoms with Gasteiger partial charge in [0.25, 0.3) is 0 Å². The molecule has 0 unspecified atom stereocenters. The van der Waals surface area contributed by atoms with Crippen molar-refractivity contribution in [3.8, 4) is 11.3 Å². The number of benzene rings is 2. The number of nitrogens with one attached hydrogen (secondary N) is 1. The van der Waals surface area contributed by atoms with Crippen molar-refractivity contribution >= 4 is 95.9 Å². The van der Waals surface area contributed by atoms with Crippen molar-refractivity contribution in [1.29, 1.82) is 0 Å². The van der Waals surface area contributed by atoms with Gasteiger partial charge in [0.05, 0.1) is 11.2 Å². The molecule has 5 rings (SSSR count). The number of pyridine rings is 1. The maximum Gasteiger partial charge on any atom is 0.0751 e. The fourth-order valence-electron chi connectivity index (χ4n) is 5.18. The van der Waals surface area contributed by atoms with E-state index in [0.717, 1.165) is 82.3 Å². The second-order valence-electron chi connectivity index (χ2n) is 10.6. The minimum Gasteiger partial charge on any atom is -0.383 e. The highest BCUT2D eigenvalue weighted by atomic mass is 79.9. The van der Waals surface area contributed by atoms with E-state index in [1.54, 1.807) is 0 Å². The third kappa shape index (κ3) is 9.02. The number of rotatable bonds is 7. The van der Waals surface area contributed by atoms with Crippen molar-refractivity contribution in [3.63, 3.8) is 0 Å². The van der Waals surface area contributed by atoms with Crippen LogP contribution >= 0.6 is 67.9 Å². The van der Waals surface area contributed by atoms with Gasteiger partial charge in [-0.2, -0.15) is 0 Å². The molecule has 3 heterocycles. The fourth-order valence-corrected chi connectivity index (χ4v) is 5.18. The average Bonchev–Trinajstić information content (AvgIpc) is 2.89. The monoisotopic (exact) mass is 807 g/mol. The second kappa shape index (κ2) is 17.2. The third-order valence-electron chi connectivity index (χ3n) is 7.56. The van der Waals surface area contributed by atoms with Crippen LogP contribution in [-0.4, -0.2) is 113 Å². The highest BCUT2D eigenvalue weighted by Crippen LogP contribution is 2.37. The van der Waals surface area contributed by atoms with Gasteiger partial charge in [-0.05, 0) is 58.5 Å². The number of hydrogen-bond donors (Lipinski definition) is 1. The predicted octanol–water partition coefficient (Wildman–Crippen LogP) is 5.69. The lowest BCUT2D eigenvalue weighted by molar-refractivity contribution is 0.312. The Kier molecular flexibility index (Phi) is 16.0. The number of aromatic nitrogens is 1. The Labute approximate surface area is 282 Å². The molecule has 40 heavy (non-hydrogen) atoms. The van der Waals surface area contributed by atoms with Gasteiger partial charge in [0.15, 0.2) is 0 Å². The molecule has 2 saturated heterocycles. The van der Waals surface area contributed by atoms with Crippen LogP contribution in [0, 0.1) is 0 Å². The van der Waals surface area contributed by atoms with Crippen molar-refractivity contribution in [1.82, 2.24) is 19.7 Å². The number of fused-ring (bicyclic) bond motifs is 1. The summed E-state index contributed by atoms with van der Waals surface area (Å²) < 4.78 is 0. The molecule has 3 aromatic rings. The number of nitrogens with zero attached hydrogens (tertiary/aromatic N) is 6. The zero-order valence-corrected chi connectivity index (χ0v) is 30.9. The van der Waals surface area contributed by atoms with Crippen LogP contribution in [0.1, 0.15) is 0 Å². The molecule has 224 valence electrons. The summed E-state index contributed by atoms with van der Waals surface area (Å²) in [5.41, 5.74) is 7.09. The van der Waals surface area contributed by atoms with Crippen LogP contribution in [0.15, 0.2) is 48.5 Å². The van der Waals surface area contributed by atoms with Crippen molar-refractivity contribution in [3.05, 3.63) is 48.5 Å². The van der Waals surface area contributed by atoms with Gasteiger partial charge in [-0.1, -0.05) is 18.2 Å². The van der Waals surface area contributed by atoms with Crippen LogP contribution in [0.3, 0.4) is 0 Å². The lowest BCUT2D eigenvalue weighted by Gasteiger charge is -2.37. The molecule has 0 saturated carbocycles. The van der Waals surface area contributed by atoms with E-state index in [2.05, 4.69) is 107 Å². The summed E-state index contributed by atoms with van der Waals surface area (Å²) in [5, 5.41) is 4.86. The van der Waals surface area contributed by atoms with Crippen LogP contribution < -0.4 is 15.1 Å². The molecule has 2 aromatic carbocycles. The molecule has 11 heteroatoms. The summed E-state index contributed by atoms with van der Waals surface area (Å²) in [7, 11) is 8.66. The van der Waals surface area contributed by atoms with E-state index >= 15 is 0 Å². The Bertz CT molecular complexity index is 1180. The Hall–Kier alpha value is -0.950. The molecular weight excluding hydrogens is 766 g/mol. The van der Waals surface area contributed by atoms with Gasteiger partial charge in [0.2, 0.25) is 0 Å². The first kappa shape index (κ1) is 37.1. The quantitative estimate of drug-likeness (QED) is 0.329. The molecule has 1 aromatic heterocycles. The average molecular weight is 811 g/mol. The Morgan fingerprint density at radius 2 is 1.35 bits per heavy atom. The minimum atomic E-state index is 0. The first-order valence-electron chi connectivity index (χ1n) is 13.3. The van der Waals surface area contributed by atoms with Gasteiger partial charge in [0, 0.05) is 93.5 Å². The predicted molar refractivity (Wildman–Crippen MR) is 195 cm³/mol. The summed E-state index contributed by atoms with van der Waals surface area (Å²) in [6, 6.07) is 17.8.